The molecule has 2 aliphatic rings. The molecule has 0 aromatic rings. The molecule has 3 N–H and O–H groups in total. The van der Waals surface area contributed by atoms with Crippen molar-refractivity contribution in [1.29, 1.82) is 0 Å². The van der Waals surface area contributed by atoms with Crippen LogP contribution in [0.1, 0.15) is 0 Å². The summed E-state index contributed by atoms with van der Waals surface area (Å²) in [6, 6.07) is 0. The summed E-state index contributed by atoms with van der Waals surface area (Å²) >= 11 is 0. The molecule has 0 spiro atoms. The van der Waals surface area contributed by atoms with Crippen LogP contribution in [0.15, 0.2) is 26.1 Å². The minimum atomic E-state index is -1.24. The molecule has 1 amide bonds. The summed E-state index contributed by atoms with van der Waals surface area (Å²) in [5.41, 5.74) is 4.89. The van der Waals surface area contributed by atoms with Crippen LogP contribution in [0.3, 0.4) is 0 Å². The van der Waals surface area contributed by atoms with E-state index in [1.165, 1.54) is 0 Å². The van der Waals surface area contributed by atoms with Crippen molar-refractivity contribution >= 4 is 29.9 Å². The predicted octanol–water partition coefficient (Wildman–Crippen LogP) is -1.29. The number of carbonyl (C=O) groups excluding carboxylic acids is 1. The van der Waals surface area contributed by atoms with Crippen molar-refractivity contribution < 1.29 is 14.7 Å². The number of hydrogen-bond donors (Lipinski definition) is 2. The molecule has 0 saturated heterocycles. The van der Waals surface area contributed by atoms with Crippen molar-refractivity contribution in [3.8, 4) is 0 Å². The number of nitrogens with two attached hydrogens (primary N) is 1. The van der Waals surface area contributed by atoms with Gasteiger partial charge in [0.2, 0.25) is 5.96 Å². The smallest absolute Gasteiger partial charge is 0.338 e. The fraction of sp³-hybridized carbons (Fsp3) is 0. The second-order valence-electron chi connectivity index (χ2n) is 2.56. The van der Waals surface area contributed by atoms with Crippen LogP contribution in [0.2, 0.25) is 0 Å². The number of aliphatic imine (C=N–C) groups is 3. The lowest BCUT2D eigenvalue weighted by molar-refractivity contribution is -0.132. The van der Waals surface area contributed by atoms with Gasteiger partial charge >= 0.3 is 5.97 Å². The lowest BCUT2D eigenvalue weighted by Gasteiger charge is -2.04. The average molecular weight is 192 g/mol. The van der Waals surface area contributed by atoms with Gasteiger partial charge in [-0.25, -0.2) is 9.79 Å². The first-order valence-electron chi connectivity index (χ1n) is 3.59. The number of rotatable bonds is 1. The molecule has 0 radical (unpaired) electrons. The largest absolute Gasteiger partial charge is 0.478 e. The Labute approximate surface area is 77.4 Å². The van der Waals surface area contributed by atoms with Crippen molar-refractivity contribution in [1.82, 2.24) is 0 Å². The molecule has 0 bridgehead atoms. The molecule has 70 valence electrons. The molecule has 0 atom stereocenters. The first kappa shape index (κ1) is 8.30. The van der Waals surface area contributed by atoms with Crippen LogP contribution in [0.5, 0.6) is 0 Å². The minimum absolute atomic E-state index is 0.0138. The zero-order chi connectivity index (χ0) is 10.3. The highest BCUT2D eigenvalue weighted by Crippen LogP contribution is 2.18. The van der Waals surface area contributed by atoms with Crippen molar-refractivity contribution in [2.45, 2.75) is 0 Å². The maximum atomic E-state index is 11.3. The number of carboxylic acids is 1. The molecule has 0 fully saturated rings. The number of guanidine groups is 1. The first-order chi connectivity index (χ1) is 6.59. The van der Waals surface area contributed by atoms with E-state index in [0.717, 1.165) is 6.21 Å². The molecule has 2 rings (SSSR count). The van der Waals surface area contributed by atoms with E-state index in [0.29, 0.717) is 0 Å². The molecule has 0 aromatic heterocycles. The molecular formula is C7H4N4O3. The summed E-state index contributed by atoms with van der Waals surface area (Å²) in [5, 5.41) is 8.70. The Morgan fingerprint density at radius 1 is 1.43 bits per heavy atom. The average Bonchev–Trinajstić information content (AvgIpc) is 2.47. The van der Waals surface area contributed by atoms with Crippen LogP contribution >= 0.6 is 0 Å². The van der Waals surface area contributed by atoms with Gasteiger partial charge in [0, 0.05) is 6.21 Å². The summed E-state index contributed by atoms with van der Waals surface area (Å²) in [5.74, 6) is -2.15. The van der Waals surface area contributed by atoms with E-state index in [-0.39, 0.29) is 22.9 Å². The lowest BCUT2D eigenvalue weighted by atomic mass is 10.1. The third-order valence-corrected chi connectivity index (χ3v) is 1.69. The summed E-state index contributed by atoms with van der Waals surface area (Å²) in [6.07, 6.45) is 1.06. The van der Waals surface area contributed by atoms with Gasteiger partial charge in [-0.15, -0.1) is 0 Å². The van der Waals surface area contributed by atoms with Crippen molar-refractivity contribution in [2.75, 3.05) is 0 Å². The normalized spacial score (nSPS) is 19.3. The lowest BCUT2D eigenvalue weighted by Crippen LogP contribution is -2.23. The molecule has 0 aliphatic carbocycles. The van der Waals surface area contributed by atoms with E-state index < -0.39 is 11.9 Å². The highest BCUT2D eigenvalue weighted by molar-refractivity contribution is 6.38. The SMILES string of the molecule is NC1=NC(=O)C2=C(C(=O)O)C=NC2=N1. The fourth-order valence-corrected chi connectivity index (χ4v) is 1.13. The fourth-order valence-electron chi connectivity index (χ4n) is 1.13. The molecule has 14 heavy (non-hydrogen) atoms. The Morgan fingerprint density at radius 3 is 2.79 bits per heavy atom. The van der Waals surface area contributed by atoms with E-state index in [4.69, 9.17) is 10.8 Å². The van der Waals surface area contributed by atoms with E-state index in [1.54, 1.807) is 0 Å². The molecule has 0 unspecified atom stereocenters. The number of amidine groups is 1. The van der Waals surface area contributed by atoms with E-state index in [2.05, 4.69) is 15.0 Å². The highest BCUT2D eigenvalue weighted by atomic mass is 16.4. The van der Waals surface area contributed by atoms with Gasteiger partial charge < -0.3 is 10.8 Å². The van der Waals surface area contributed by atoms with E-state index >= 15 is 0 Å². The van der Waals surface area contributed by atoms with Gasteiger partial charge in [0.15, 0.2) is 5.84 Å². The maximum Gasteiger partial charge on any atom is 0.338 e. The summed E-state index contributed by atoms with van der Waals surface area (Å²) < 4.78 is 0. The zero-order valence-electron chi connectivity index (χ0n) is 6.76. The molecule has 0 aromatic carbocycles. The monoisotopic (exact) mass is 192 g/mol. The first-order valence-corrected chi connectivity index (χ1v) is 3.59. The number of fused-ring (bicyclic) bond motifs is 1. The standard InChI is InChI=1S/C7H4N4O3/c8-7-10-4-3(5(12)11-7)2(1-9-4)6(13)14/h1H,(H,13,14)(H2,8,11,12). The van der Waals surface area contributed by atoms with Crippen LogP contribution in [0.25, 0.3) is 0 Å². The summed E-state index contributed by atoms with van der Waals surface area (Å²) in [6.45, 7) is 0. The number of carbonyl (C=O) groups is 2. The van der Waals surface area contributed by atoms with Crippen molar-refractivity contribution in [3.63, 3.8) is 0 Å². The molecular weight excluding hydrogens is 188 g/mol. The van der Waals surface area contributed by atoms with Crippen LogP contribution in [-0.4, -0.2) is 35.0 Å². The Bertz CT molecular complexity index is 469. The number of carboxylic acid groups (broad SMARTS) is 1. The van der Waals surface area contributed by atoms with Gasteiger partial charge in [-0.1, -0.05) is 0 Å². The van der Waals surface area contributed by atoms with Gasteiger partial charge in [0.25, 0.3) is 5.91 Å². The predicted molar refractivity (Wildman–Crippen MR) is 47.2 cm³/mol. The van der Waals surface area contributed by atoms with Gasteiger partial charge in [-0.05, 0) is 0 Å². The molecule has 2 aliphatic heterocycles. The summed E-state index contributed by atoms with van der Waals surface area (Å²) in [7, 11) is 0. The van der Waals surface area contributed by atoms with Crippen LogP contribution in [-0.2, 0) is 9.59 Å². The molecule has 7 nitrogen and oxygen atoms in total. The van der Waals surface area contributed by atoms with Crippen molar-refractivity contribution in [2.24, 2.45) is 20.7 Å². The molecule has 0 saturated carbocycles. The molecule has 7 heteroatoms. The quantitative estimate of drug-likeness (QED) is 0.537. The van der Waals surface area contributed by atoms with Gasteiger partial charge in [-0.3, -0.25) is 4.79 Å². The maximum absolute atomic E-state index is 11.3. The van der Waals surface area contributed by atoms with E-state index in [9.17, 15) is 9.59 Å². The number of aliphatic carboxylic acids is 1. The second kappa shape index (κ2) is 2.59. The van der Waals surface area contributed by atoms with E-state index in [1.807, 2.05) is 0 Å². The van der Waals surface area contributed by atoms with Gasteiger partial charge in [0.05, 0.1) is 5.57 Å². The second-order valence-corrected chi connectivity index (χ2v) is 2.56. The number of amides is 1. The molecule has 2 heterocycles. The van der Waals surface area contributed by atoms with Crippen molar-refractivity contribution in [3.05, 3.63) is 11.1 Å². The van der Waals surface area contributed by atoms with Crippen LogP contribution in [0.4, 0.5) is 0 Å². The third-order valence-electron chi connectivity index (χ3n) is 1.69. The van der Waals surface area contributed by atoms with Crippen LogP contribution < -0.4 is 5.73 Å². The number of nitrogens with zero attached hydrogens (tertiary/aromatic N) is 3. The van der Waals surface area contributed by atoms with Crippen LogP contribution in [0, 0.1) is 0 Å². The Balaban J connectivity index is 2.60. The summed E-state index contributed by atoms with van der Waals surface area (Å²) in [4.78, 5) is 32.5. The topological polar surface area (TPSA) is 117 Å². The highest BCUT2D eigenvalue weighted by Gasteiger charge is 2.30. The zero-order valence-corrected chi connectivity index (χ0v) is 6.76. The van der Waals surface area contributed by atoms with Gasteiger partial charge in [-0.2, -0.15) is 9.98 Å². The van der Waals surface area contributed by atoms with Gasteiger partial charge in [0.1, 0.15) is 5.57 Å². The minimum Gasteiger partial charge on any atom is -0.478 e. The number of hydrogen-bond acceptors (Lipinski definition) is 5. The Kier molecular flexibility index (Phi) is 1.53. The Hall–Kier alpha value is -2.31. The third kappa shape index (κ3) is 1.03. The Morgan fingerprint density at radius 2 is 2.14 bits per heavy atom.